The highest BCUT2D eigenvalue weighted by atomic mass is 79.9. The quantitative estimate of drug-likeness (QED) is 0.832. The van der Waals surface area contributed by atoms with Gasteiger partial charge in [-0.15, -0.1) is 0 Å². The van der Waals surface area contributed by atoms with E-state index >= 15 is 0 Å². The molecule has 0 aliphatic rings. The summed E-state index contributed by atoms with van der Waals surface area (Å²) in [5.74, 6) is -0.129. The minimum atomic E-state index is -0.829. The third-order valence-electron chi connectivity index (χ3n) is 2.37. The zero-order valence-electron chi connectivity index (χ0n) is 10.0. The molecule has 100 valence electrons. The van der Waals surface area contributed by atoms with Crippen molar-refractivity contribution in [1.82, 2.24) is 4.90 Å². The monoisotopic (exact) mass is 335 g/mol. The lowest BCUT2D eigenvalue weighted by Crippen LogP contribution is -2.33. The molecule has 0 saturated carbocycles. The molecule has 0 radical (unpaired) electrons. The summed E-state index contributed by atoms with van der Waals surface area (Å²) in [6.07, 6.45) is 0. The van der Waals surface area contributed by atoms with Crippen molar-refractivity contribution in [2.24, 2.45) is 0 Å². The first-order valence-corrected chi connectivity index (χ1v) is 6.72. The Hall–Kier alpha value is -0.780. The van der Waals surface area contributed by atoms with E-state index in [4.69, 9.17) is 21.4 Å². The second kappa shape index (κ2) is 7.61. The van der Waals surface area contributed by atoms with Crippen LogP contribution in [0.25, 0.3) is 0 Å². The molecule has 1 N–H and O–H groups in total. The lowest BCUT2D eigenvalue weighted by molar-refractivity contribution is -0.138. The predicted molar refractivity (Wildman–Crippen MR) is 74.4 cm³/mol. The molecule has 1 aromatic rings. The van der Waals surface area contributed by atoms with E-state index < -0.39 is 5.97 Å². The Balaban J connectivity index is 2.42. The number of likely N-dealkylation sites (N-methyl/N-ethyl adjacent to an activating group) is 1. The topological polar surface area (TPSA) is 49.8 Å². The molecular formula is C12H15BrClNO3. The Morgan fingerprint density at radius 2 is 2.28 bits per heavy atom. The lowest BCUT2D eigenvalue weighted by atomic mass is 10.3. The number of carbonyl (C=O) groups is 1. The maximum absolute atomic E-state index is 10.6. The molecule has 0 unspecified atom stereocenters. The highest BCUT2D eigenvalue weighted by Gasteiger charge is 2.08. The largest absolute Gasteiger partial charge is 0.491 e. The van der Waals surface area contributed by atoms with E-state index in [2.05, 4.69) is 15.9 Å². The molecule has 0 atom stereocenters. The standard InChI is InChI=1S/C12H15BrClNO3/c1-2-15(8-12(16)17)5-6-18-11-4-3-9(14)7-10(11)13/h3-4,7H,2,5-6,8H2,1H3,(H,16,17). The van der Waals surface area contributed by atoms with Gasteiger partial charge in [-0.25, -0.2) is 0 Å². The third-order valence-corrected chi connectivity index (χ3v) is 3.22. The lowest BCUT2D eigenvalue weighted by Gasteiger charge is -2.18. The fourth-order valence-electron chi connectivity index (χ4n) is 1.42. The summed E-state index contributed by atoms with van der Waals surface area (Å²) in [5, 5.41) is 9.34. The molecule has 0 amide bonds. The van der Waals surface area contributed by atoms with Crippen LogP contribution in [0, 0.1) is 0 Å². The SMILES string of the molecule is CCN(CCOc1ccc(Cl)cc1Br)CC(=O)O. The molecule has 0 saturated heterocycles. The van der Waals surface area contributed by atoms with Gasteiger partial charge in [0.15, 0.2) is 0 Å². The summed E-state index contributed by atoms with van der Waals surface area (Å²) in [6.45, 7) is 3.62. The van der Waals surface area contributed by atoms with Crippen LogP contribution in [-0.2, 0) is 4.79 Å². The van der Waals surface area contributed by atoms with Gasteiger partial charge < -0.3 is 9.84 Å². The molecule has 1 aromatic carbocycles. The van der Waals surface area contributed by atoms with Crippen LogP contribution in [0.4, 0.5) is 0 Å². The summed E-state index contributed by atoms with van der Waals surface area (Å²) in [6, 6.07) is 5.28. The van der Waals surface area contributed by atoms with Gasteiger partial charge in [0.05, 0.1) is 11.0 Å². The highest BCUT2D eigenvalue weighted by Crippen LogP contribution is 2.27. The number of rotatable bonds is 7. The van der Waals surface area contributed by atoms with Gasteiger partial charge in [0.1, 0.15) is 12.4 Å². The van der Waals surface area contributed by atoms with Gasteiger partial charge in [-0.05, 0) is 40.7 Å². The number of hydrogen-bond donors (Lipinski definition) is 1. The molecule has 6 heteroatoms. The van der Waals surface area contributed by atoms with Gasteiger partial charge in [0.25, 0.3) is 0 Å². The Labute approximate surface area is 120 Å². The van der Waals surface area contributed by atoms with Gasteiger partial charge in [-0.1, -0.05) is 18.5 Å². The Morgan fingerprint density at radius 1 is 1.56 bits per heavy atom. The van der Waals surface area contributed by atoms with Crippen molar-refractivity contribution in [2.45, 2.75) is 6.92 Å². The minimum Gasteiger partial charge on any atom is -0.491 e. The zero-order valence-corrected chi connectivity index (χ0v) is 12.4. The number of carboxylic acids is 1. The van der Waals surface area contributed by atoms with Gasteiger partial charge in [0, 0.05) is 11.6 Å². The Bertz CT molecular complexity index is 414. The summed E-state index contributed by atoms with van der Waals surface area (Å²) >= 11 is 9.18. The van der Waals surface area contributed by atoms with E-state index in [1.807, 2.05) is 6.92 Å². The summed E-state index contributed by atoms with van der Waals surface area (Å²) in [4.78, 5) is 12.4. The van der Waals surface area contributed by atoms with Gasteiger partial charge in [0.2, 0.25) is 0 Å². The van der Waals surface area contributed by atoms with Crippen molar-refractivity contribution >= 4 is 33.5 Å². The zero-order chi connectivity index (χ0) is 13.5. The fourth-order valence-corrected chi connectivity index (χ4v) is 2.21. The van der Waals surface area contributed by atoms with E-state index in [9.17, 15) is 4.79 Å². The molecule has 18 heavy (non-hydrogen) atoms. The molecular weight excluding hydrogens is 321 g/mol. The smallest absolute Gasteiger partial charge is 0.317 e. The first-order valence-electron chi connectivity index (χ1n) is 5.55. The second-order valence-corrected chi connectivity index (χ2v) is 4.98. The molecule has 4 nitrogen and oxygen atoms in total. The predicted octanol–water partition coefficient (Wildman–Crippen LogP) is 2.89. The van der Waals surface area contributed by atoms with Crippen LogP contribution in [0.3, 0.4) is 0 Å². The van der Waals surface area contributed by atoms with Crippen molar-refractivity contribution < 1.29 is 14.6 Å². The van der Waals surface area contributed by atoms with Crippen LogP contribution in [-0.4, -0.2) is 42.2 Å². The number of carboxylic acid groups (broad SMARTS) is 1. The normalized spacial score (nSPS) is 10.7. The van der Waals surface area contributed by atoms with E-state index in [1.165, 1.54) is 0 Å². The van der Waals surface area contributed by atoms with Crippen LogP contribution in [0.1, 0.15) is 6.92 Å². The molecule has 0 aliphatic heterocycles. The molecule has 0 aliphatic carbocycles. The van der Waals surface area contributed by atoms with Crippen LogP contribution in [0.5, 0.6) is 5.75 Å². The summed E-state index contributed by atoms with van der Waals surface area (Å²) < 4.78 is 6.35. The average molecular weight is 337 g/mol. The number of hydrogen-bond acceptors (Lipinski definition) is 3. The molecule has 1 rings (SSSR count). The second-order valence-electron chi connectivity index (χ2n) is 3.69. The molecule has 0 aromatic heterocycles. The Morgan fingerprint density at radius 3 is 2.83 bits per heavy atom. The van der Waals surface area contributed by atoms with E-state index in [-0.39, 0.29) is 6.54 Å². The van der Waals surface area contributed by atoms with E-state index in [0.717, 1.165) is 4.47 Å². The van der Waals surface area contributed by atoms with Gasteiger partial charge in [-0.3, -0.25) is 9.69 Å². The van der Waals surface area contributed by atoms with Crippen LogP contribution in [0.15, 0.2) is 22.7 Å². The minimum absolute atomic E-state index is 0.0294. The van der Waals surface area contributed by atoms with Crippen molar-refractivity contribution in [2.75, 3.05) is 26.2 Å². The Kier molecular flexibility index (Phi) is 6.46. The molecule has 0 heterocycles. The average Bonchev–Trinajstić information content (AvgIpc) is 2.30. The maximum Gasteiger partial charge on any atom is 0.317 e. The fraction of sp³-hybridized carbons (Fsp3) is 0.417. The van der Waals surface area contributed by atoms with Crippen molar-refractivity contribution in [3.05, 3.63) is 27.7 Å². The number of halogens is 2. The van der Waals surface area contributed by atoms with Crippen molar-refractivity contribution in [3.8, 4) is 5.75 Å². The van der Waals surface area contributed by atoms with Crippen molar-refractivity contribution in [1.29, 1.82) is 0 Å². The molecule has 0 fully saturated rings. The number of aliphatic carboxylic acids is 1. The van der Waals surface area contributed by atoms with E-state index in [0.29, 0.717) is 30.5 Å². The van der Waals surface area contributed by atoms with Crippen molar-refractivity contribution in [3.63, 3.8) is 0 Å². The summed E-state index contributed by atoms with van der Waals surface area (Å²) in [7, 11) is 0. The van der Waals surface area contributed by atoms with E-state index in [1.54, 1.807) is 23.1 Å². The maximum atomic E-state index is 10.6. The number of nitrogens with zero attached hydrogens (tertiary/aromatic N) is 1. The van der Waals surface area contributed by atoms with Crippen LogP contribution >= 0.6 is 27.5 Å². The molecule has 0 spiro atoms. The number of benzene rings is 1. The van der Waals surface area contributed by atoms with Crippen LogP contribution in [0.2, 0.25) is 5.02 Å². The first-order chi connectivity index (χ1) is 8.52. The molecule has 0 bridgehead atoms. The highest BCUT2D eigenvalue weighted by molar-refractivity contribution is 9.10. The van der Waals surface area contributed by atoms with Gasteiger partial charge >= 0.3 is 5.97 Å². The number of ether oxygens (including phenoxy) is 1. The summed E-state index contributed by atoms with van der Waals surface area (Å²) in [5.41, 5.74) is 0. The third kappa shape index (κ3) is 5.25. The van der Waals surface area contributed by atoms with Gasteiger partial charge in [-0.2, -0.15) is 0 Å². The first kappa shape index (κ1) is 15.3. The van der Waals surface area contributed by atoms with Crippen LogP contribution < -0.4 is 4.74 Å².